The molecule has 0 bridgehead atoms. The van der Waals surface area contributed by atoms with Crippen LogP contribution in [0.2, 0.25) is 0 Å². The van der Waals surface area contributed by atoms with E-state index in [4.69, 9.17) is 14.9 Å². The van der Waals surface area contributed by atoms with Gasteiger partial charge in [-0.1, -0.05) is 30.0 Å². The van der Waals surface area contributed by atoms with Crippen LogP contribution in [0.25, 0.3) is 10.9 Å². The molecule has 0 aliphatic carbocycles. The summed E-state index contributed by atoms with van der Waals surface area (Å²) in [7, 11) is 1.34. The van der Waals surface area contributed by atoms with E-state index < -0.39 is 12.0 Å². The number of ether oxygens (including phenoxy) is 1. The van der Waals surface area contributed by atoms with Crippen molar-refractivity contribution in [1.29, 1.82) is 0 Å². The zero-order valence-corrected chi connectivity index (χ0v) is 18.1. The van der Waals surface area contributed by atoms with Gasteiger partial charge < -0.3 is 24.8 Å². The molecule has 0 fully saturated rings. The second-order valence-corrected chi connectivity index (χ2v) is 8.32. The topological polar surface area (TPSA) is 127 Å². The summed E-state index contributed by atoms with van der Waals surface area (Å²) in [6.45, 7) is 0.941. The zero-order valence-electron chi connectivity index (χ0n) is 17.3. The van der Waals surface area contributed by atoms with Gasteiger partial charge in [-0.3, -0.25) is 4.79 Å². The average molecular weight is 444 g/mol. The molecule has 0 radical (unpaired) electrons. The Morgan fingerprint density at radius 1 is 1.32 bits per heavy atom. The molecule has 3 heterocycles. The van der Waals surface area contributed by atoms with Gasteiger partial charge in [-0.05, 0) is 31.0 Å². The van der Waals surface area contributed by atoms with Gasteiger partial charge in [-0.25, -0.2) is 4.79 Å². The average Bonchev–Trinajstić information content (AvgIpc) is 3.40. The van der Waals surface area contributed by atoms with Crippen LogP contribution in [0.15, 0.2) is 33.9 Å². The molecule has 1 aliphatic rings. The molecular formula is C21H25N5O4S. The second-order valence-electron chi connectivity index (χ2n) is 7.39. The number of nitrogens with one attached hydrogen (secondary N) is 1. The molecular weight excluding hydrogens is 418 g/mol. The van der Waals surface area contributed by atoms with Crippen molar-refractivity contribution in [3.8, 4) is 0 Å². The lowest BCUT2D eigenvalue weighted by Crippen LogP contribution is -2.49. The van der Waals surface area contributed by atoms with Gasteiger partial charge in [0.25, 0.3) is 5.22 Å². The maximum atomic E-state index is 13.0. The minimum absolute atomic E-state index is 0.0908. The van der Waals surface area contributed by atoms with Crippen molar-refractivity contribution in [2.45, 2.75) is 43.5 Å². The number of para-hydroxylation sites is 1. The number of nitrogens with two attached hydrogens (primary N) is 1. The molecule has 31 heavy (non-hydrogen) atoms. The summed E-state index contributed by atoms with van der Waals surface area (Å²) in [5.74, 6) is 0.0198. The second kappa shape index (κ2) is 9.52. The number of H-pyrrole nitrogens is 1. The number of thioether (sulfide) groups is 1. The van der Waals surface area contributed by atoms with E-state index in [1.807, 2.05) is 24.3 Å². The van der Waals surface area contributed by atoms with E-state index in [2.05, 4.69) is 15.2 Å². The third-order valence-electron chi connectivity index (χ3n) is 5.41. The Hall–Kier alpha value is -2.85. The standard InChI is InChI=1S/C21H25N5O4S/c1-29-20(28)17-10-14-13-6-2-3-7-15(13)23-16(14)11-26(17)19(27)12-31-21-25-24-18(30-21)8-4-5-9-22/h2-3,6-7,17,23H,4-5,8-12,22H2,1H3/t17-/m1/s1. The van der Waals surface area contributed by atoms with E-state index in [0.717, 1.165) is 35.0 Å². The lowest BCUT2D eigenvalue weighted by atomic mass is 9.96. The minimum Gasteiger partial charge on any atom is -0.467 e. The molecule has 1 aliphatic heterocycles. The first-order valence-electron chi connectivity index (χ1n) is 10.2. The largest absolute Gasteiger partial charge is 0.467 e. The lowest BCUT2D eigenvalue weighted by molar-refractivity contribution is -0.153. The van der Waals surface area contributed by atoms with Crippen LogP contribution in [0.1, 0.15) is 30.0 Å². The highest BCUT2D eigenvalue weighted by molar-refractivity contribution is 7.99. The van der Waals surface area contributed by atoms with Gasteiger partial charge in [-0.15, -0.1) is 10.2 Å². The molecule has 4 rings (SSSR count). The maximum absolute atomic E-state index is 13.0. The molecule has 9 nitrogen and oxygen atoms in total. The molecule has 1 atom stereocenters. The number of esters is 1. The number of aromatic nitrogens is 3. The summed E-state index contributed by atoms with van der Waals surface area (Å²) in [4.78, 5) is 30.4. The summed E-state index contributed by atoms with van der Waals surface area (Å²) in [6.07, 6.45) is 2.85. The minimum atomic E-state index is -0.667. The smallest absolute Gasteiger partial charge is 0.328 e. The van der Waals surface area contributed by atoms with Gasteiger partial charge in [0, 0.05) is 29.4 Å². The van der Waals surface area contributed by atoms with Crippen molar-refractivity contribution in [2.24, 2.45) is 5.73 Å². The quantitative estimate of drug-likeness (QED) is 0.308. The number of fused-ring (bicyclic) bond motifs is 3. The van der Waals surface area contributed by atoms with E-state index in [-0.39, 0.29) is 11.7 Å². The fourth-order valence-corrected chi connectivity index (χ4v) is 4.51. The van der Waals surface area contributed by atoms with Crippen LogP contribution < -0.4 is 5.73 Å². The van der Waals surface area contributed by atoms with Crippen molar-refractivity contribution in [1.82, 2.24) is 20.1 Å². The van der Waals surface area contributed by atoms with Crippen molar-refractivity contribution in [3.05, 3.63) is 41.4 Å². The van der Waals surface area contributed by atoms with E-state index in [1.54, 1.807) is 4.90 Å². The van der Waals surface area contributed by atoms with Gasteiger partial charge in [-0.2, -0.15) is 0 Å². The number of hydrogen-bond donors (Lipinski definition) is 2. The van der Waals surface area contributed by atoms with Crippen molar-refractivity contribution < 1.29 is 18.7 Å². The summed E-state index contributed by atoms with van der Waals surface area (Å²) < 4.78 is 10.6. The molecule has 0 saturated heterocycles. The zero-order chi connectivity index (χ0) is 21.8. The summed E-state index contributed by atoms with van der Waals surface area (Å²) in [5, 5.41) is 9.41. The first kappa shape index (κ1) is 21.4. The lowest BCUT2D eigenvalue weighted by Gasteiger charge is -2.33. The van der Waals surface area contributed by atoms with Crippen LogP contribution in [0.3, 0.4) is 0 Å². The van der Waals surface area contributed by atoms with Gasteiger partial charge >= 0.3 is 5.97 Å². The fourth-order valence-electron chi connectivity index (χ4n) is 3.84. The third-order valence-corrected chi connectivity index (χ3v) is 6.21. The van der Waals surface area contributed by atoms with E-state index >= 15 is 0 Å². The fraction of sp³-hybridized carbons (Fsp3) is 0.429. The number of methoxy groups -OCH3 is 1. The predicted molar refractivity (Wildman–Crippen MR) is 115 cm³/mol. The first-order valence-corrected chi connectivity index (χ1v) is 11.2. The molecule has 1 aromatic carbocycles. The molecule has 2 aromatic heterocycles. The van der Waals surface area contributed by atoms with Crippen LogP contribution in [0.5, 0.6) is 0 Å². The Bertz CT molecular complexity index is 1080. The number of carbonyl (C=O) groups excluding carboxylic acids is 2. The van der Waals surface area contributed by atoms with Crippen LogP contribution >= 0.6 is 11.8 Å². The van der Waals surface area contributed by atoms with Crippen LogP contribution in [-0.4, -0.2) is 57.4 Å². The number of carbonyl (C=O) groups is 2. The number of aromatic amines is 1. The first-order chi connectivity index (χ1) is 15.1. The number of rotatable bonds is 8. The molecule has 0 saturated carbocycles. The summed E-state index contributed by atoms with van der Waals surface area (Å²) >= 11 is 1.17. The van der Waals surface area contributed by atoms with Crippen molar-refractivity contribution >= 4 is 34.5 Å². The third kappa shape index (κ3) is 4.59. The molecule has 3 N–H and O–H groups in total. The number of unbranched alkanes of at least 4 members (excludes halogenated alkanes) is 1. The van der Waals surface area contributed by atoms with Crippen molar-refractivity contribution in [3.63, 3.8) is 0 Å². The van der Waals surface area contributed by atoms with Crippen LogP contribution in [-0.2, 0) is 33.7 Å². The SMILES string of the molecule is COC(=O)[C@H]1Cc2c([nH]c3ccccc23)CN1C(=O)CSc1nnc(CCCCN)o1. The number of benzene rings is 1. The van der Waals surface area contributed by atoms with Gasteiger partial charge in [0.05, 0.1) is 19.4 Å². The molecule has 164 valence electrons. The van der Waals surface area contributed by atoms with Gasteiger partial charge in [0.2, 0.25) is 11.8 Å². The molecule has 0 unspecified atom stereocenters. The number of amides is 1. The molecule has 1 amide bonds. The monoisotopic (exact) mass is 443 g/mol. The molecule has 0 spiro atoms. The number of aryl methyl sites for hydroxylation is 1. The van der Waals surface area contributed by atoms with E-state index in [9.17, 15) is 9.59 Å². The summed E-state index contributed by atoms with van der Waals surface area (Å²) in [6, 6.07) is 7.26. The highest BCUT2D eigenvalue weighted by Gasteiger charge is 2.37. The maximum Gasteiger partial charge on any atom is 0.328 e. The van der Waals surface area contributed by atoms with Gasteiger partial charge in [0.15, 0.2) is 0 Å². The summed E-state index contributed by atoms with van der Waals surface area (Å²) in [5.41, 5.74) is 8.49. The normalized spacial score (nSPS) is 15.8. The Morgan fingerprint density at radius 2 is 2.16 bits per heavy atom. The van der Waals surface area contributed by atoms with Crippen LogP contribution in [0.4, 0.5) is 0 Å². The Labute approximate surface area is 183 Å². The van der Waals surface area contributed by atoms with Crippen LogP contribution in [0, 0.1) is 0 Å². The highest BCUT2D eigenvalue weighted by atomic mass is 32.2. The Kier molecular flexibility index (Phi) is 6.57. The molecule has 10 heteroatoms. The Balaban J connectivity index is 1.46. The number of hydrogen-bond acceptors (Lipinski definition) is 8. The number of nitrogens with zero attached hydrogens (tertiary/aromatic N) is 3. The predicted octanol–water partition coefficient (Wildman–Crippen LogP) is 2.05. The van der Waals surface area contributed by atoms with E-state index in [1.165, 1.54) is 18.9 Å². The van der Waals surface area contributed by atoms with Gasteiger partial charge in [0.1, 0.15) is 6.04 Å². The molecule has 3 aromatic rings. The van der Waals surface area contributed by atoms with E-state index in [0.29, 0.717) is 37.0 Å². The highest BCUT2D eigenvalue weighted by Crippen LogP contribution is 2.31. The van der Waals surface area contributed by atoms with Crippen molar-refractivity contribution in [2.75, 3.05) is 19.4 Å². The Morgan fingerprint density at radius 3 is 2.97 bits per heavy atom.